The number of hydrogen-bond donors (Lipinski definition) is 2. The van der Waals surface area contributed by atoms with Gasteiger partial charge in [0.05, 0.1) is 5.00 Å². The summed E-state index contributed by atoms with van der Waals surface area (Å²) in [6.45, 7) is 0. The molecule has 0 aliphatic carbocycles. The van der Waals surface area contributed by atoms with Gasteiger partial charge < -0.3 is 11.1 Å². The van der Waals surface area contributed by atoms with Crippen molar-refractivity contribution in [1.82, 2.24) is 10.3 Å². The molecule has 4 heterocycles. The Morgan fingerprint density at radius 3 is 2.90 bits per heavy atom. The molecule has 104 valence electrons. The predicted octanol–water partition coefficient (Wildman–Crippen LogP) is 3.14. The van der Waals surface area contributed by atoms with Crippen molar-refractivity contribution in [3.63, 3.8) is 0 Å². The molecule has 2 aliphatic rings. The second-order valence-corrected chi connectivity index (χ2v) is 6.81. The van der Waals surface area contributed by atoms with Crippen LogP contribution in [0, 0.1) is 5.95 Å². The highest BCUT2D eigenvalue weighted by atomic mass is 32.1. The van der Waals surface area contributed by atoms with Gasteiger partial charge in [-0.25, -0.2) is 4.98 Å². The number of hydrogen-bond acceptors (Lipinski definition) is 4. The van der Waals surface area contributed by atoms with Gasteiger partial charge in [-0.1, -0.05) is 0 Å². The molecule has 3 N–H and O–H groups in total. The number of nitrogens with two attached hydrogens (primary N) is 1. The SMILES string of the molecule is Nc1ccc(-c2cc(C3CC4CCC3N4)cnc2F)s1. The maximum absolute atomic E-state index is 14.0. The van der Waals surface area contributed by atoms with Gasteiger partial charge in [-0.2, -0.15) is 4.39 Å². The van der Waals surface area contributed by atoms with Gasteiger partial charge in [-0.15, -0.1) is 11.3 Å². The zero-order valence-corrected chi connectivity index (χ0v) is 11.8. The number of pyridine rings is 1. The van der Waals surface area contributed by atoms with Gasteiger partial charge in [0.2, 0.25) is 5.95 Å². The van der Waals surface area contributed by atoms with Gasteiger partial charge in [-0.05, 0) is 43.0 Å². The average molecular weight is 289 g/mol. The van der Waals surface area contributed by atoms with E-state index in [0.29, 0.717) is 28.6 Å². The van der Waals surface area contributed by atoms with E-state index in [1.807, 2.05) is 18.2 Å². The molecule has 2 aliphatic heterocycles. The van der Waals surface area contributed by atoms with Gasteiger partial charge in [0, 0.05) is 34.6 Å². The normalized spacial score (nSPS) is 28.1. The van der Waals surface area contributed by atoms with Crippen molar-refractivity contribution < 1.29 is 4.39 Å². The molecule has 0 saturated carbocycles. The Bertz CT molecular complexity index is 654. The molecular weight excluding hydrogens is 273 g/mol. The highest BCUT2D eigenvalue weighted by Gasteiger charge is 2.40. The monoisotopic (exact) mass is 289 g/mol. The fourth-order valence-electron chi connectivity index (χ4n) is 3.53. The van der Waals surface area contributed by atoms with Crippen molar-refractivity contribution in [2.24, 2.45) is 0 Å². The number of anilines is 1. The number of halogens is 1. The molecule has 4 rings (SSSR count). The van der Waals surface area contributed by atoms with E-state index < -0.39 is 5.95 Å². The summed E-state index contributed by atoms with van der Waals surface area (Å²) < 4.78 is 14.0. The van der Waals surface area contributed by atoms with Gasteiger partial charge in [0.1, 0.15) is 0 Å². The summed E-state index contributed by atoms with van der Waals surface area (Å²) in [5.41, 5.74) is 7.46. The van der Waals surface area contributed by atoms with Crippen molar-refractivity contribution in [2.45, 2.75) is 37.3 Å². The summed E-state index contributed by atoms with van der Waals surface area (Å²) in [5.74, 6) is 0.0598. The largest absolute Gasteiger partial charge is 0.391 e. The van der Waals surface area contributed by atoms with Crippen molar-refractivity contribution in [3.8, 4) is 10.4 Å². The molecule has 2 bridgehead atoms. The van der Waals surface area contributed by atoms with E-state index in [2.05, 4.69) is 10.3 Å². The lowest BCUT2D eigenvalue weighted by Crippen LogP contribution is -2.21. The average Bonchev–Trinajstić information content (AvgIpc) is 3.15. The van der Waals surface area contributed by atoms with Crippen molar-refractivity contribution in [2.75, 3.05) is 5.73 Å². The Morgan fingerprint density at radius 2 is 2.25 bits per heavy atom. The first kappa shape index (κ1) is 12.3. The first-order chi connectivity index (χ1) is 9.70. The summed E-state index contributed by atoms with van der Waals surface area (Å²) in [5, 5.41) is 4.32. The molecule has 0 spiro atoms. The molecule has 5 heteroatoms. The molecule has 2 saturated heterocycles. The minimum atomic E-state index is -0.410. The molecule has 3 nitrogen and oxygen atoms in total. The van der Waals surface area contributed by atoms with E-state index in [1.54, 1.807) is 6.20 Å². The standard InChI is InChI=1S/C15H16FN3S/c16-15-11(13-3-4-14(17)20-13)5-8(7-18-15)10-6-9-1-2-12(10)19-9/h3-5,7,9-10,12,19H,1-2,6,17H2. The predicted molar refractivity (Wildman–Crippen MR) is 79.2 cm³/mol. The summed E-state index contributed by atoms with van der Waals surface area (Å²) in [6, 6.07) is 6.80. The zero-order valence-electron chi connectivity index (χ0n) is 11.0. The molecular formula is C15H16FN3S. The van der Waals surface area contributed by atoms with E-state index in [1.165, 1.54) is 24.2 Å². The summed E-state index contributed by atoms with van der Waals surface area (Å²) >= 11 is 1.40. The number of thiophene rings is 1. The Balaban J connectivity index is 1.72. The van der Waals surface area contributed by atoms with Gasteiger partial charge in [0.15, 0.2) is 0 Å². The van der Waals surface area contributed by atoms with Crippen LogP contribution in [-0.4, -0.2) is 17.1 Å². The third-order valence-corrected chi connectivity index (χ3v) is 5.43. The molecule has 3 unspecified atom stereocenters. The second-order valence-electron chi connectivity index (χ2n) is 5.70. The Hall–Kier alpha value is -1.46. The van der Waals surface area contributed by atoms with Gasteiger partial charge in [-0.3, -0.25) is 0 Å². The second kappa shape index (κ2) is 4.53. The molecule has 2 aromatic heterocycles. The molecule has 0 radical (unpaired) electrons. The molecule has 2 fully saturated rings. The summed E-state index contributed by atoms with van der Waals surface area (Å²) in [4.78, 5) is 4.82. The first-order valence-electron chi connectivity index (χ1n) is 6.98. The van der Waals surface area contributed by atoms with E-state index in [-0.39, 0.29) is 0 Å². The highest BCUT2D eigenvalue weighted by Crippen LogP contribution is 2.41. The summed E-state index contributed by atoms with van der Waals surface area (Å²) in [7, 11) is 0. The number of aromatic nitrogens is 1. The number of nitrogens with zero attached hydrogens (tertiary/aromatic N) is 1. The third-order valence-electron chi connectivity index (χ3n) is 4.48. The van der Waals surface area contributed by atoms with Crippen LogP contribution in [0.1, 0.15) is 30.7 Å². The summed E-state index contributed by atoms with van der Waals surface area (Å²) in [6.07, 6.45) is 5.32. The smallest absolute Gasteiger partial charge is 0.221 e. The quantitative estimate of drug-likeness (QED) is 0.835. The third kappa shape index (κ3) is 1.93. The van der Waals surface area contributed by atoms with Crippen LogP contribution >= 0.6 is 11.3 Å². The minimum absolute atomic E-state index is 0.410. The van der Waals surface area contributed by atoms with Crippen LogP contribution in [0.4, 0.5) is 9.39 Å². The van der Waals surface area contributed by atoms with Crippen LogP contribution < -0.4 is 11.1 Å². The van der Waals surface area contributed by atoms with E-state index in [4.69, 9.17) is 5.73 Å². The van der Waals surface area contributed by atoms with Crippen LogP contribution in [0.5, 0.6) is 0 Å². The van der Waals surface area contributed by atoms with Gasteiger partial charge in [0.25, 0.3) is 0 Å². The lowest BCUT2D eigenvalue weighted by molar-refractivity contribution is 0.502. The van der Waals surface area contributed by atoms with Crippen LogP contribution in [0.15, 0.2) is 24.4 Å². The fourth-order valence-corrected chi connectivity index (χ4v) is 4.31. The van der Waals surface area contributed by atoms with E-state index >= 15 is 0 Å². The first-order valence-corrected chi connectivity index (χ1v) is 7.79. The molecule has 3 atom stereocenters. The maximum atomic E-state index is 14.0. The topological polar surface area (TPSA) is 50.9 Å². The van der Waals surface area contributed by atoms with E-state index in [9.17, 15) is 4.39 Å². The molecule has 0 aromatic carbocycles. The van der Waals surface area contributed by atoms with Crippen molar-refractivity contribution in [3.05, 3.63) is 35.9 Å². The Kier molecular flexibility index (Phi) is 2.79. The Morgan fingerprint density at radius 1 is 1.35 bits per heavy atom. The molecule has 2 aromatic rings. The number of fused-ring (bicyclic) bond motifs is 2. The molecule has 0 amide bonds. The molecule has 20 heavy (non-hydrogen) atoms. The van der Waals surface area contributed by atoms with Crippen LogP contribution in [0.25, 0.3) is 10.4 Å². The number of nitrogen functional groups attached to an aromatic ring is 1. The Labute approximate surface area is 121 Å². The fraction of sp³-hybridized carbons (Fsp3) is 0.400. The minimum Gasteiger partial charge on any atom is -0.391 e. The maximum Gasteiger partial charge on any atom is 0.221 e. The van der Waals surface area contributed by atoms with Crippen molar-refractivity contribution >= 4 is 16.3 Å². The van der Waals surface area contributed by atoms with Crippen LogP contribution in [-0.2, 0) is 0 Å². The number of rotatable bonds is 2. The van der Waals surface area contributed by atoms with E-state index in [0.717, 1.165) is 16.9 Å². The lowest BCUT2D eigenvalue weighted by atomic mass is 9.84. The van der Waals surface area contributed by atoms with Gasteiger partial charge >= 0.3 is 0 Å². The lowest BCUT2D eigenvalue weighted by Gasteiger charge is -2.20. The van der Waals surface area contributed by atoms with Crippen molar-refractivity contribution in [1.29, 1.82) is 0 Å². The van der Waals surface area contributed by atoms with Crippen LogP contribution in [0.3, 0.4) is 0 Å². The zero-order chi connectivity index (χ0) is 13.7. The van der Waals surface area contributed by atoms with Crippen LogP contribution in [0.2, 0.25) is 0 Å². The number of nitrogens with one attached hydrogen (secondary N) is 1. The highest BCUT2D eigenvalue weighted by molar-refractivity contribution is 7.19.